The molecule has 0 aliphatic rings. The molecule has 4 nitrogen and oxygen atoms in total. The molecule has 4 heteroatoms. The summed E-state index contributed by atoms with van der Waals surface area (Å²) in [6.07, 6.45) is 0.966. The SMILES string of the molecule is Cc1ccc(O)c(CN(CCN)CCc2ccccc2)n1. The van der Waals surface area contributed by atoms with E-state index in [9.17, 15) is 5.11 Å². The van der Waals surface area contributed by atoms with Crippen LogP contribution < -0.4 is 5.73 Å². The lowest BCUT2D eigenvalue weighted by atomic mass is 10.1. The van der Waals surface area contributed by atoms with Crippen LogP contribution in [0.15, 0.2) is 42.5 Å². The monoisotopic (exact) mass is 285 g/mol. The fourth-order valence-electron chi connectivity index (χ4n) is 2.32. The first kappa shape index (κ1) is 15.5. The molecule has 1 aromatic heterocycles. The van der Waals surface area contributed by atoms with Crippen molar-refractivity contribution in [2.45, 2.75) is 19.9 Å². The second-order valence-corrected chi connectivity index (χ2v) is 5.22. The molecule has 0 saturated carbocycles. The molecule has 0 radical (unpaired) electrons. The topological polar surface area (TPSA) is 62.4 Å². The normalized spacial score (nSPS) is 11.0. The summed E-state index contributed by atoms with van der Waals surface area (Å²) in [5, 5.41) is 9.92. The lowest BCUT2D eigenvalue weighted by Gasteiger charge is -2.21. The van der Waals surface area contributed by atoms with Crippen molar-refractivity contribution in [3.63, 3.8) is 0 Å². The van der Waals surface area contributed by atoms with E-state index in [1.54, 1.807) is 6.07 Å². The summed E-state index contributed by atoms with van der Waals surface area (Å²) in [7, 11) is 0. The lowest BCUT2D eigenvalue weighted by molar-refractivity contribution is 0.268. The average molecular weight is 285 g/mol. The first-order valence-corrected chi connectivity index (χ1v) is 7.31. The van der Waals surface area contributed by atoms with Gasteiger partial charge in [-0.2, -0.15) is 0 Å². The fraction of sp³-hybridized carbons (Fsp3) is 0.353. The number of nitrogens with zero attached hydrogens (tertiary/aromatic N) is 2. The third kappa shape index (κ3) is 4.85. The number of hydrogen-bond acceptors (Lipinski definition) is 4. The molecule has 1 aromatic carbocycles. The van der Waals surface area contributed by atoms with Crippen molar-refractivity contribution >= 4 is 0 Å². The van der Waals surface area contributed by atoms with Gasteiger partial charge in [-0.05, 0) is 31.0 Å². The van der Waals surface area contributed by atoms with E-state index in [1.807, 2.05) is 19.1 Å². The Kier molecular flexibility index (Phi) is 5.72. The Hall–Kier alpha value is -1.91. The smallest absolute Gasteiger partial charge is 0.138 e. The maximum atomic E-state index is 9.92. The Morgan fingerprint density at radius 3 is 2.57 bits per heavy atom. The molecule has 0 bridgehead atoms. The van der Waals surface area contributed by atoms with Crippen LogP contribution in [0.3, 0.4) is 0 Å². The van der Waals surface area contributed by atoms with Gasteiger partial charge in [-0.3, -0.25) is 9.88 Å². The van der Waals surface area contributed by atoms with E-state index < -0.39 is 0 Å². The molecule has 0 fully saturated rings. The minimum atomic E-state index is 0.252. The van der Waals surface area contributed by atoms with E-state index in [0.717, 1.165) is 30.9 Å². The number of pyridine rings is 1. The van der Waals surface area contributed by atoms with E-state index in [4.69, 9.17) is 5.73 Å². The summed E-state index contributed by atoms with van der Waals surface area (Å²) < 4.78 is 0. The molecular weight excluding hydrogens is 262 g/mol. The third-order valence-corrected chi connectivity index (χ3v) is 3.47. The van der Waals surface area contributed by atoms with Crippen LogP contribution in [0.25, 0.3) is 0 Å². The summed E-state index contributed by atoms with van der Waals surface area (Å²) >= 11 is 0. The van der Waals surface area contributed by atoms with Crippen LogP contribution in [0, 0.1) is 6.92 Å². The molecule has 21 heavy (non-hydrogen) atoms. The van der Waals surface area contributed by atoms with Gasteiger partial charge in [-0.15, -0.1) is 0 Å². The van der Waals surface area contributed by atoms with Gasteiger partial charge in [0.1, 0.15) is 5.75 Å². The van der Waals surface area contributed by atoms with Crippen molar-refractivity contribution in [1.82, 2.24) is 9.88 Å². The third-order valence-electron chi connectivity index (χ3n) is 3.47. The minimum absolute atomic E-state index is 0.252. The Bertz CT molecular complexity index is 557. The quantitative estimate of drug-likeness (QED) is 0.818. The van der Waals surface area contributed by atoms with Crippen LogP contribution in [0.2, 0.25) is 0 Å². The number of hydrogen-bond donors (Lipinski definition) is 2. The molecule has 0 saturated heterocycles. The highest BCUT2D eigenvalue weighted by atomic mass is 16.3. The van der Waals surface area contributed by atoms with E-state index in [1.165, 1.54) is 5.56 Å². The maximum absolute atomic E-state index is 9.92. The van der Waals surface area contributed by atoms with E-state index in [2.05, 4.69) is 34.1 Å². The molecule has 0 amide bonds. The molecule has 0 aliphatic heterocycles. The van der Waals surface area contributed by atoms with Gasteiger partial charge in [0.05, 0.1) is 5.69 Å². The van der Waals surface area contributed by atoms with Crippen molar-refractivity contribution in [3.8, 4) is 5.75 Å². The zero-order valence-corrected chi connectivity index (χ0v) is 12.5. The van der Waals surface area contributed by atoms with Crippen molar-refractivity contribution in [3.05, 3.63) is 59.4 Å². The van der Waals surface area contributed by atoms with Gasteiger partial charge >= 0.3 is 0 Å². The fourth-order valence-corrected chi connectivity index (χ4v) is 2.32. The molecule has 2 rings (SSSR count). The number of aromatic nitrogens is 1. The van der Waals surface area contributed by atoms with Gasteiger partial charge in [0.15, 0.2) is 0 Å². The highest BCUT2D eigenvalue weighted by molar-refractivity contribution is 5.27. The number of nitrogens with two attached hydrogens (primary N) is 1. The van der Waals surface area contributed by atoms with E-state index >= 15 is 0 Å². The van der Waals surface area contributed by atoms with Gasteiger partial charge in [0.2, 0.25) is 0 Å². The summed E-state index contributed by atoms with van der Waals surface area (Å²) in [6.45, 7) is 4.84. The Morgan fingerprint density at radius 1 is 1.10 bits per heavy atom. The molecule has 112 valence electrons. The predicted octanol–water partition coefficient (Wildman–Crippen LogP) is 2.10. The second kappa shape index (κ2) is 7.76. The van der Waals surface area contributed by atoms with Gasteiger partial charge in [-0.1, -0.05) is 30.3 Å². The number of aromatic hydroxyl groups is 1. The number of benzene rings is 1. The largest absolute Gasteiger partial charge is 0.506 e. The van der Waals surface area contributed by atoms with Gasteiger partial charge in [0, 0.05) is 31.9 Å². The van der Waals surface area contributed by atoms with Crippen LogP contribution in [-0.4, -0.2) is 34.6 Å². The van der Waals surface area contributed by atoms with Crippen molar-refractivity contribution in [2.24, 2.45) is 5.73 Å². The van der Waals surface area contributed by atoms with Gasteiger partial charge in [-0.25, -0.2) is 0 Å². The van der Waals surface area contributed by atoms with Crippen molar-refractivity contribution in [2.75, 3.05) is 19.6 Å². The van der Waals surface area contributed by atoms with Crippen LogP contribution in [0.1, 0.15) is 17.0 Å². The molecule has 0 spiro atoms. The first-order valence-electron chi connectivity index (χ1n) is 7.31. The average Bonchev–Trinajstić information content (AvgIpc) is 2.50. The molecule has 3 N–H and O–H groups in total. The van der Waals surface area contributed by atoms with Crippen molar-refractivity contribution < 1.29 is 5.11 Å². The lowest BCUT2D eigenvalue weighted by Crippen LogP contribution is -2.31. The number of rotatable bonds is 7. The molecule has 0 atom stereocenters. The Morgan fingerprint density at radius 2 is 1.86 bits per heavy atom. The summed E-state index contributed by atoms with van der Waals surface area (Å²) in [6, 6.07) is 13.9. The second-order valence-electron chi connectivity index (χ2n) is 5.22. The molecule has 0 aliphatic carbocycles. The Labute approximate surface area is 126 Å². The van der Waals surface area contributed by atoms with Gasteiger partial charge in [0.25, 0.3) is 0 Å². The van der Waals surface area contributed by atoms with E-state index in [0.29, 0.717) is 13.1 Å². The van der Waals surface area contributed by atoms with Crippen LogP contribution >= 0.6 is 0 Å². The van der Waals surface area contributed by atoms with Crippen molar-refractivity contribution in [1.29, 1.82) is 0 Å². The highest BCUT2D eigenvalue weighted by Gasteiger charge is 2.10. The van der Waals surface area contributed by atoms with Crippen LogP contribution in [0.5, 0.6) is 5.75 Å². The zero-order valence-electron chi connectivity index (χ0n) is 12.5. The van der Waals surface area contributed by atoms with E-state index in [-0.39, 0.29) is 5.75 Å². The van der Waals surface area contributed by atoms with Gasteiger partial charge < -0.3 is 10.8 Å². The molecule has 0 unspecified atom stereocenters. The zero-order chi connectivity index (χ0) is 15.1. The molecular formula is C17H23N3O. The highest BCUT2D eigenvalue weighted by Crippen LogP contribution is 2.17. The van der Waals surface area contributed by atoms with Crippen LogP contribution in [-0.2, 0) is 13.0 Å². The number of aryl methyl sites for hydroxylation is 1. The summed E-state index contributed by atoms with van der Waals surface area (Å²) in [4.78, 5) is 6.65. The summed E-state index contributed by atoms with van der Waals surface area (Å²) in [5.74, 6) is 0.252. The predicted molar refractivity (Wildman–Crippen MR) is 85.1 cm³/mol. The minimum Gasteiger partial charge on any atom is -0.506 e. The molecule has 1 heterocycles. The first-order chi connectivity index (χ1) is 10.2. The van der Waals surface area contributed by atoms with Crippen LogP contribution in [0.4, 0.5) is 0 Å². The maximum Gasteiger partial charge on any atom is 0.138 e. The Balaban J connectivity index is 2.00. The summed E-state index contributed by atoms with van der Waals surface area (Å²) in [5.41, 5.74) is 8.64. The standard InChI is InChI=1S/C17H23N3O/c1-14-7-8-17(21)16(19-14)13-20(12-10-18)11-9-15-5-3-2-4-6-15/h2-8,21H,9-13,18H2,1H3. The molecule has 2 aromatic rings.